The van der Waals surface area contributed by atoms with E-state index < -0.39 is 0 Å². The molecule has 1 aliphatic rings. The van der Waals surface area contributed by atoms with Crippen molar-refractivity contribution in [2.45, 2.75) is 13.1 Å². The van der Waals surface area contributed by atoms with E-state index in [0.717, 1.165) is 60.7 Å². The minimum Gasteiger partial charge on any atom is -0.398 e. The van der Waals surface area contributed by atoms with Gasteiger partial charge in [-0.25, -0.2) is 9.50 Å². The molecule has 0 amide bonds. The number of hydrogen-bond acceptors (Lipinski definition) is 7. The van der Waals surface area contributed by atoms with Crippen molar-refractivity contribution >= 4 is 17.0 Å². The van der Waals surface area contributed by atoms with E-state index in [2.05, 4.69) is 21.0 Å². The van der Waals surface area contributed by atoms with Gasteiger partial charge in [0, 0.05) is 37.4 Å². The van der Waals surface area contributed by atoms with E-state index in [9.17, 15) is 0 Å². The van der Waals surface area contributed by atoms with E-state index >= 15 is 0 Å². The van der Waals surface area contributed by atoms with Crippen LogP contribution in [-0.4, -0.2) is 45.8 Å². The Hall–Kier alpha value is -2.68. The topological polar surface area (TPSA) is 121 Å². The van der Waals surface area contributed by atoms with E-state index in [4.69, 9.17) is 21.9 Å². The summed E-state index contributed by atoms with van der Waals surface area (Å²) in [6.45, 7) is 4.48. The highest BCUT2D eigenvalue weighted by atomic mass is 16.5. The van der Waals surface area contributed by atoms with Crippen LogP contribution in [0.3, 0.4) is 0 Å². The van der Waals surface area contributed by atoms with E-state index in [1.165, 1.54) is 6.33 Å². The number of morpholine rings is 1. The second kappa shape index (κ2) is 6.91. The number of nitrogen functional groups attached to an aromatic ring is 2. The molecule has 0 aliphatic carbocycles. The first-order valence-corrected chi connectivity index (χ1v) is 8.67. The van der Waals surface area contributed by atoms with Crippen molar-refractivity contribution < 1.29 is 4.74 Å². The number of fused-ring (bicyclic) bond motifs is 1. The van der Waals surface area contributed by atoms with Gasteiger partial charge in [0.25, 0.3) is 0 Å². The van der Waals surface area contributed by atoms with Gasteiger partial charge in [-0.2, -0.15) is 5.10 Å². The smallest absolute Gasteiger partial charge is 0.151 e. The zero-order valence-electron chi connectivity index (χ0n) is 14.6. The highest BCUT2D eigenvalue weighted by molar-refractivity contribution is 5.89. The van der Waals surface area contributed by atoms with Crippen LogP contribution in [0, 0.1) is 0 Å². The molecule has 136 valence electrons. The number of ether oxygens (including phenoxy) is 1. The van der Waals surface area contributed by atoms with Gasteiger partial charge < -0.3 is 21.9 Å². The SMILES string of the molecule is NCc1cc(-c2cc(CN3CCOCC3)n3ncnc(N)c23)ccc1N. The molecule has 8 heteroatoms. The zero-order valence-corrected chi connectivity index (χ0v) is 14.6. The molecular formula is C18H23N7O. The molecule has 0 unspecified atom stereocenters. The first kappa shape index (κ1) is 16.8. The van der Waals surface area contributed by atoms with Crippen LogP contribution in [0.2, 0.25) is 0 Å². The summed E-state index contributed by atoms with van der Waals surface area (Å²) in [5.74, 6) is 0.453. The average molecular weight is 353 g/mol. The molecule has 1 aliphatic heterocycles. The van der Waals surface area contributed by atoms with Gasteiger partial charge in [0.1, 0.15) is 11.8 Å². The molecule has 1 saturated heterocycles. The Balaban J connectivity index is 1.81. The van der Waals surface area contributed by atoms with Gasteiger partial charge in [0.2, 0.25) is 0 Å². The Morgan fingerprint density at radius 1 is 1.12 bits per heavy atom. The lowest BCUT2D eigenvalue weighted by Gasteiger charge is -2.26. The molecule has 1 fully saturated rings. The Bertz CT molecular complexity index is 931. The van der Waals surface area contributed by atoms with Crippen molar-refractivity contribution in [2.24, 2.45) is 5.73 Å². The average Bonchev–Trinajstić information content (AvgIpc) is 3.03. The van der Waals surface area contributed by atoms with Gasteiger partial charge >= 0.3 is 0 Å². The Morgan fingerprint density at radius 2 is 1.92 bits per heavy atom. The van der Waals surface area contributed by atoms with Crippen molar-refractivity contribution in [1.29, 1.82) is 0 Å². The molecule has 4 rings (SSSR count). The fraction of sp³-hybridized carbons (Fsp3) is 0.333. The van der Waals surface area contributed by atoms with Crippen LogP contribution in [0.25, 0.3) is 16.6 Å². The van der Waals surface area contributed by atoms with Gasteiger partial charge in [-0.15, -0.1) is 0 Å². The summed E-state index contributed by atoms with van der Waals surface area (Å²) >= 11 is 0. The van der Waals surface area contributed by atoms with Crippen LogP contribution in [-0.2, 0) is 17.8 Å². The van der Waals surface area contributed by atoms with Gasteiger partial charge in [-0.3, -0.25) is 4.90 Å². The highest BCUT2D eigenvalue weighted by Crippen LogP contribution is 2.32. The van der Waals surface area contributed by atoms with Crippen molar-refractivity contribution in [2.75, 3.05) is 37.8 Å². The second-order valence-electron chi connectivity index (χ2n) is 6.46. The van der Waals surface area contributed by atoms with E-state index in [1.54, 1.807) is 0 Å². The third kappa shape index (κ3) is 2.98. The molecule has 0 bridgehead atoms. The maximum absolute atomic E-state index is 6.19. The summed E-state index contributed by atoms with van der Waals surface area (Å²) in [6, 6.07) is 7.99. The Morgan fingerprint density at radius 3 is 2.69 bits per heavy atom. The van der Waals surface area contributed by atoms with Crippen LogP contribution in [0.1, 0.15) is 11.3 Å². The molecule has 2 aromatic heterocycles. The first-order valence-electron chi connectivity index (χ1n) is 8.67. The lowest BCUT2D eigenvalue weighted by molar-refractivity contribution is 0.0334. The van der Waals surface area contributed by atoms with Crippen molar-refractivity contribution in [3.63, 3.8) is 0 Å². The minimum absolute atomic E-state index is 0.387. The lowest BCUT2D eigenvalue weighted by atomic mass is 10.0. The summed E-state index contributed by atoms with van der Waals surface area (Å²) in [5.41, 5.74) is 23.5. The summed E-state index contributed by atoms with van der Waals surface area (Å²) in [5, 5.41) is 4.43. The maximum Gasteiger partial charge on any atom is 0.151 e. The van der Waals surface area contributed by atoms with Crippen molar-refractivity contribution in [1.82, 2.24) is 19.5 Å². The number of aromatic nitrogens is 3. The van der Waals surface area contributed by atoms with Crippen LogP contribution < -0.4 is 17.2 Å². The van der Waals surface area contributed by atoms with E-state index in [1.807, 2.05) is 22.7 Å². The van der Waals surface area contributed by atoms with Gasteiger partial charge in [0.05, 0.1) is 18.9 Å². The third-order valence-corrected chi connectivity index (χ3v) is 4.82. The van der Waals surface area contributed by atoms with Crippen molar-refractivity contribution in [3.8, 4) is 11.1 Å². The fourth-order valence-electron chi connectivity index (χ4n) is 3.40. The number of benzene rings is 1. The highest BCUT2D eigenvalue weighted by Gasteiger charge is 2.19. The number of hydrogen-bond donors (Lipinski definition) is 3. The summed E-state index contributed by atoms with van der Waals surface area (Å²) in [7, 11) is 0. The summed E-state index contributed by atoms with van der Waals surface area (Å²) < 4.78 is 7.32. The number of nitrogens with two attached hydrogens (primary N) is 3. The second-order valence-corrected chi connectivity index (χ2v) is 6.46. The molecule has 1 aromatic carbocycles. The fourth-order valence-corrected chi connectivity index (χ4v) is 3.40. The van der Waals surface area contributed by atoms with Gasteiger partial charge in [0.15, 0.2) is 5.82 Å². The number of nitrogens with zero attached hydrogens (tertiary/aromatic N) is 4. The summed E-state index contributed by atoms with van der Waals surface area (Å²) in [4.78, 5) is 6.53. The predicted octanol–water partition coefficient (Wildman–Crippen LogP) is 0.852. The zero-order chi connectivity index (χ0) is 18.1. The van der Waals surface area contributed by atoms with Crippen molar-refractivity contribution in [3.05, 3.63) is 41.9 Å². The largest absolute Gasteiger partial charge is 0.398 e. The standard InChI is InChI=1S/C18H23N7O/c19-9-13-7-12(1-2-16(13)20)15-8-14(10-24-3-5-26-6-4-24)25-17(15)18(21)22-11-23-25/h1-2,7-8,11H,3-6,9-10,19-20H2,(H2,21,22,23). The molecule has 0 radical (unpaired) electrons. The van der Waals surface area contributed by atoms with Crippen LogP contribution in [0.4, 0.5) is 11.5 Å². The Labute approximate surface area is 151 Å². The molecule has 3 heterocycles. The monoisotopic (exact) mass is 353 g/mol. The minimum atomic E-state index is 0.387. The number of rotatable bonds is 4. The van der Waals surface area contributed by atoms with Gasteiger partial charge in [-0.1, -0.05) is 6.07 Å². The predicted molar refractivity (Wildman–Crippen MR) is 101 cm³/mol. The van der Waals surface area contributed by atoms with Crippen LogP contribution in [0.15, 0.2) is 30.6 Å². The van der Waals surface area contributed by atoms with E-state index in [-0.39, 0.29) is 0 Å². The summed E-state index contributed by atoms with van der Waals surface area (Å²) in [6.07, 6.45) is 1.49. The molecule has 3 aromatic rings. The molecule has 0 atom stereocenters. The van der Waals surface area contributed by atoms with Crippen LogP contribution in [0.5, 0.6) is 0 Å². The van der Waals surface area contributed by atoms with Crippen LogP contribution >= 0.6 is 0 Å². The normalized spacial score (nSPS) is 15.6. The molecular weight excluding hydrogens is 330 g/mol. The molecule has 6 N–H and O–H groups in total. The number of anilines is 2. The molecule has 26 heavy (non-hydrogen) atoms. The van der Waals surface area contributed by atoms with E-state index in [0.29, 0.717) is 18.1 Å². The van der Waals surface area contributed by atoms with Gasteiger partial charge in [-0.05, 0) is 29.3 Å². The maximum atomic E-state index is 6.19. The first-order chi connectivity index (χ1) is 12.7. The molecule has 0 spiro atoms. The Kier molecular flexibility index (Phi) is 4.46. The quantitative estimate of drug-likeness (QED) is 0.595. The molecule has 0 saturated carbocycles. The molecule has 8 nitrogen and oxygen atoms in total. The third-order valence-electron chi connectivity index (χ3n) is 4.82. The lowest BCUT2D eigenvalue weighted by Crippen LogP contribution is -2.36.